The summed E-state index contributed by atoms with van der Waals surface area (Å²) in [5, 5.41) is 21.8. The monoisotopic (exact) mass is 290 g/mol. The number of carbonyl (C=O) groups excluding carboxylic acids is 1. The number of carboxylic acid groups (broad SMARTS) is 1. The van der Waals surface area contributed by atoms with Crippen LogP contribution >= 0.6 is 0 Å². The molecule has 0 aliphatic rings. The van der Waals surface area contributed by atoms with Gasteiger partial charge in [-0.15, -0.1) is 0 Å². The molecule has 0 aliphatic carbocycles. The zero-order valence-electron chi connectivity index (χ0n) is 11.5. The van der Waals surface area contributed by atoms with Gasteiger partial charge in [0.1, 0.15) is 5.75 Å². The lowest BCUT2D eigenvalue weighted by molar-refractivity contribution is 0.0651. The quantitative estimate of drug-likeness (QED) is 0.893. The number of anilines is 1. The number of carbonyl (C=O) groups is 2. The predicted octanol–water partition coefficient (Wildman–Crippen LogP) is 2.05. The lowest BCUT2D eigenvalue weighted by Crippen LogP contribution is -2.31. The van der Waals surface area contributed by atoms with E-state index in [1.54, 1.807) is 19.9 Å². The van der Waals surface area contributed by atoms with Crippen LogP contribution in [0.5, 0.6) is 5.75 Å². The Bertz CT molecular complexity index is 692. The highest BCUT2D eigenvalue weighted by Gasteiger charge is 2.23. The van der Waals surface area contributed by atoms with Gasteiger partial charge in [0.15, 0.2) is 5.69 Å². The van der Waals surface area contributed by atoms with E-state index in [9.17, 15) is 14.7 Å². The third-order valence-electron chi connectivity index (χ3n) is 2.98. The van der Waals surface area contributed by atoms with E-state index in [1.165, 1.54) is 17.0 Å². The minimum Gasteiger partial charge on any atom is -0.508 e. The average Bonchev–Trinajstić information content (AvgIpc) is 2.93. The number of phenols is 1. The van der Waals surface area contributed by atoms with Gasteiger partial charge in [0.05, 0.1) is 5.69 Å². The van der Waals surface area contributed by atoms with Crippen LogP contribution in [0.3, 0.4) is 0 Å². The Labute approximate surface area is 120 Å². The van der Waals surface area contributed by atoms with Crippen LogP contribution in [0, 0.1) is 6.92 Å². The van der Waals surface area contributed by atoms with Crippen molar-refractivity contribution in [2.75, 3.05) is 11.4 Å². The molecular formula is C14H14N2O5. The Kier molecular flexibility index (Phi) is 3.93. The molecule has 0 aliphatic heterocycles. The summed E-state index contributed by atoms with van der Waals surface area (Å²) in [4.78, 5) is 24.5. The van der Waals surface area contributed by atoms with E-state index in [0.717, 1.165) is 11.6 Å². The maximum absolute atomic E-state index is 12.4. The molecule has 0 unspecified atom stereocenters. The highest BCUT2D eigenvalue weighted by molar-refractivity contribution is 6.06. The lowest BCUT2D eigenvalue weighted by Gasteiger charge is -2.22. The van der Waals surface area contributed by atoms with Crippen molar-refractivity contribution >= 4 is 17.6 Å². The molecule has 0 saturated carbocycles. The number of amides is 1. The first-order chi connectivity index (χ1) is 9.93. The Balaban J connectivity index is 2.38. The third-order valence-corrected chi connectivity index (χ3v) is 2.98. The number of hydrogen-bond donors (Lipinski definition) is 2. The molecule has 21 heavy (non-hydrogen) atoms. The maximum atomic E-state index is 12.4. The van der Waals surface area contributed by atoms with E-state index in [4.69, 9.17) is 5.11 Å². The number of benzene rings is 1. The van der Waals surface area contributed by atoms with Crippen molar-refractivity contribution in [1.82, 2.24) is 5.16 Å². The number of nitrogens with zero attached hydrogens (tertiary/aromatic N) is 2. The second-order valence-electron chi connectivity index (χ2n) is 4.40. The molecule has 7 nitrogen and oxygen atoms in total. The SMILES string of the molecule is CCN(C(=O)c1cc(C(=O)O)on1)c1cc(O)ccc1C. The summed E-state index contributed by atoms with van der Waals surface area (Å²) < 4.78 is 4.59. The highest BCUT2D eigenvalue weighted by Crippen LogP contribution is 2.26. The summed E-state index contributed by atoms with van der Waals surface area (Å²) in [6.45, 7) is 3.90. The molecule has 2 N–H and O–H groups in total. The fraction of sp³-hybridized carbons (Fsp3) is 0.214. The fourth-order valence-corrected chi connectivity index (χ4v) is 1.93. The van der Waals surface area contributed by atoms with Crippen molar-refractivity contribution in [3.05, 3.63) is 41.3 Å². The molecule has 0 bridgehead atoms. The number of aromatic carboxylic acids is 1. The molecule has 0 fully saturated rings. The van der Waals surface area contributed by atoms with E-state index in [-0.39, 0.29) is 11.4 Å². The summed E-state index contributed by atoms with van der Waals surface area (Å²) in [5.41, 5.74) is 1.23. The minimum absolute atomic E-state index is 0.0354. The van der Waals surface area contributed by atoms with Gasteiger partial charge in [0.25, 0.3) is 5.91 Å². The van der Waals surface area contributed by atoms with Crippen molar-refractivity contribution in [3.63, 3.8) is 0 Å². The largest absolute Gasteiger partial charge is 0.508 e. The topological polar surface area (TPSA) is 104 Å². The summed E-state index contributed by atoms with van der Waals surface area (Å²) in [7, 11) is 0. The Morgan fingerprint density at radius 1 is 1.33 bits per heavy atom. The van der Waals surface area contributed by atoms with Gasteiger partial charge in [-0.1, -0.05) is 11.2 Å². The standard InChI is InChI=1S/C14H14N2O5/c1-3-16(11-6-9(17)5-4-8(11)2)13(18)10-7-12(14(19)20)21-15-10/h4-7,17H,3H2,1-2H3,(H,19,20). The summed E-state index contributed by atoms with van der Waals surface area (Å²) in [6, 6.07) is 5.75. The zero-order chi connectivity index (χ0) is 15.6. The van der Waals surface area contributed by atoms with Crippen LogP contribution in [-0.2, 0) is 0 Å². The van der Waals surface area contributed by atoms with Crippen LogP contribution in [0.4, 0.5) is 5.69 Å². The Morgan fingerprint density at radius 2 is 2.05 bits per heavy atom. The molecule has 0 atom stereocenters. The number of phenolic OH excluding ortho intramolecular Hbond substituents is 1. The van der Waals surface area contributed by atoms with Crippen LogP contribution in [0.15, 0.2) is 28.8 Å². The van der Waals surface area contributed by atoms with E-state index in [1.807, 2.05) is 0 Å². The van der Waals surface area contributed by atoms with E-state index >= 15 is 0 Å². The molecule has 0 radical (unpaired) electrons. The van der Waals surface area contributed by atoms with Crippen LogP contribution in [0.1, 0.15) is 33.5 Å². The fourth-order valence-electron chi connectivity index (χ4n) is 1.93. The van der Waals surface area contributed by atoms with Crippen molar-refractivity contribution in [3.8, 4) is 5.75 Å². The average molecular weight is 290 g/mol. The minimum atomic E-state index is -1.29. The van der Waals surface area contributed by atoms with Crippen molar-refractivity contribution in [2.24, 2.45) is 0 Å². The summed E-state index contributed by atoms with van der Waals surface area (Å²) in [6.07, 6.45) is 0. The third kappa shape index (κ3) is 2.86. The molecule has 0 spiro atoms. The van der Waals surface area contributed by atoms with Crippen molar-refractivity contribution < 1.29 is 24.3 Å². The van der Waals surface area contributed by atoms with Crippen LogP contribution in [0.2, 0.25) is 0 Å². The molecule has 0 saturated heterocycles. The van der Waals surface area contributed by atoms with Crippen LogP contribution in [0.25, 0.3) is 0 Å². The molecule has 1 aromatic carbocycles. The zero-order valence-corrected chi connectivity index (χ0v) is 11.5. The normalized spacial score (nSPS) is 10.4. The molecule has 1 aromatic heterocycles. The number of aromatic nitrogens is 1. The number of aryl methyl sites for hydroxylation is 1. The van der Waals surface area contributed by atoms with Gasteiger partial charge >= 0.3 is 5.97 Å². The molecule has 1 amide bonds. The molecule has 2 aromatic rings. The van der Waals surface area contributed by atoms with Gasteiger partial charge in [0.2, 0.25) is 5.76 Å². The highest BCUT2D eigenvalue weighted by atomic mass is 16.5. The second-order valence-corrected chi connectivity index (χ2v) is 4.40. The van der Waals surface area contributed by atoms with Crippen molar-refractivity contribution in [2.45, 2.75) is 13.8 Å². The number of aromatic hydroxyl groups is 1. The van der Waals surface area contributed by atoms with Crippen LogP contribution < -0.4 is 4.90 Å². The molecule has 2 rings (SSSR count). The van der Waals surface area contributed by atoms with Gasteiger partial charge < -0.3 is 19.6 Å². The second kappa shape index (κ2) is 5.66. The van der Waals surface area contributed by atoms with Crippen LogP contribution in [-0.4, -0.2) is 33.8 Å². The lowest BCUT2D eigenvalue weighted by atomic mass is 10.1. The molecule has 7 heteroatoms. The smallest absolute Gasteiger partial charge is 0.374 e. The maximum Gasteiger partial charge on any atom is 0.374 e. The number of hydrogen-bond acceptors (Lipinski definition) is 5. The van der Waals surface area contributed by atoms with Gasteiger partial charge in [-0.05, 0) is 25.5 Å². The van der Waals surface area contributed by atoms with Gasteiger partial charge in [-0.3, -0.25) is 4.79 Å². The molecule has 110 valence electrons. The molecule has 1 heterocycles. The van der Waals surface area contributed by atoms with E-state index in [0.29, 0.717) is 12.2 Å². The van der Waals surface area contributed by atoms with Gasteiger partial charge in [-0.2, -0.15) is 0 Å². The first kappa shape index (κ1) is 14.6. The van der Waals surface area contributed by atoms with Gasteiger partial charge in [0, 0.05) is 18.7 Å². The van der Waals surface area contributed by atoms with Gasteiger partial charge in [-0.25, -0.2) is 4.79 Å². The number of rotatable bonds is 4. The van der Waals surface area contributed by atoms with Crippen molar-refractivity contribution in [1.29, 1.82) is 0 Å². The predicted molar refractivity (Wildman–Crippen MR) is 73.7 cm³/mol. The Morgan fingerprint density at radius 3 is 2.62 bits per heavy atom. The Hall–Kier alpha value is -2.83. The molecular weight excluding hydrogens is 276 g/mol. The van der Waals surface area contributed by atoms with E-state index < -0.39 is 17.6 Å². The summed E-state index contributed by atoms with van der Waals surface area (Å²) in [5.74, 6) is -2.16. The summed E-state index contributed by atoms with van der Waals surface area (Å²) >= 11 is 0. The first-order valence-corrected chi connectivity index (χ1v) is 6.25. The number of carboxylic acids is 1. The van der Waals surface area contributed by atoms with E-state index in [2.05, 4.69) is 9.68 Å². The first-order valence-electron chi connectivity index (χ1n) is 6.25.